The minimum Gasteiger partial charge on any atom is -0.654 e. The summed E-state index contributed by atoms with van der Waals surface area (Å²) < 4.78 is 0. The van der Waals surface area contributed by atoms with E-state index in [1.165, 1.54) is 24.8 Å². The molecule has 4 rings (SSSR count). The first-order valence-electron chi connectivity index (χ1n) is 7.08. The predicted molar refractivity (Wildman–Crippen MR) is 87.8 cm³/mol. The van der Waals surface area contributed by atoms with Crippen LogP contribution in [0.3, 0.4) is 0 Å². The zero-order chi connectivity index (χ0) is 16.6. The van der Waals surface area contributed by atoms with E-state index in [1.54, 1.807) is 12.4 Å². The minimum atomic E-state index is -0.101. The standard InChI is InChI=1S/C15H11N3O.C2H2N3.Pt/c19-11-9-14(12-5-1-3-7-16-12)18-15(10-11)13-6-2-4-8-17-13;1-3-2-5-4-1;/h1-10H,(H,18,19);1-2H;/q;-1;+2/p-1. The molecule has 0 aromatic carbocycles. The number of pyridine rings is 3. The van der Waals surface area contributed by atoms with Crippen LogP contribution in [0.1, 0.15) is 0 Å². The molecule has 0 aliphatic carbocycles. The molecule has 8 heteroatoms. The second-order valence-electron chi connectivity index (χ2n) is 4.61. The Hall–Kier alpha value is -2.92. The zero-order valence-corrected chi connectivity index (χ0v) is 15.1. The van der Waals surface area contributed by atoms with Crippen LogP contribution in [0.4, 0.5) is 0 Å². The maximum atomic E-state index is 11.8. The maximum Gasteiger partial charge on any atom is 2.00 e. The van der Waals surface area contributed by atoms with Crippen LogP contribution in [0.5, 0.6) is 0 Å². The van der Waals surface area contributed by atoms with Gasteiger partial charge in [0.05, 0.1) is 0 Å². The molecule has 4 aromatic rings. The summed E-state index contributed by atoms with van der Waals surface area (Å²) in [5, 5.41) is 6.72. The second kappa shape index (κ2) is 9.39. The van der Waals surface area contributed by atoms with Gasteiger partial charge in [0, 0.05) is 30.1 Å². The molecule has 7 nitrogen and oxygen atoms in total. The van der Waals surface area contributed by atoms with E-state index in [4.69, 9.17) is 0 Å². The van der Waals surface area contributed by atoms with Gasteiger partial charge in [0.25, 0.3) is 0 Å². The van der Waals surface area contributed by atoms with Crippen LogP contribution in [-0.4, -0.2) is 20.1 Å². The number of nitrogens with zero attached hydrogens (tertiary/aromatic N) is 6. The first-order valence-corrected chi connectivity index (χ1v) is 7.08. The molecule has 0 N–H and O–H groups in total. The minimum absolute atomic E-state index is 0. The van der Waals surface area contributed by atoms with Gasteiger partial charge < -0.3 is 15.1 Å². The summed E-state index contributed by atoms with van der Waals surface area (Å²) in [4.78, 5) is 28.1. The number of hydrogen-bond acceptors (Lipinski definition) is 5. The Morgan fingerprint density at radius 3 is 1.80 bits per heavy atom. The number of aromatic nitrogens is 6. The van der Waals surface area contributed by atoms with Crippen molar-refractivity contribution in [2.45, 2.75) is 0 Å². The van der Waals surface area contributed by atoms with E-state index in [0.29, 0.717) is 22.8 Å². The summed E-state index contributed by atoms with van der Waals surface area (Å²) in [5.74, 6) is 0. The van der Waals surface area contributed by atoms with Crippen LogP contribution < -0.4 is 15.5 Å². The molecule has 0 amide bonds. The fraction of sp³-hybridized carbons (Fsp3) is 0. The molecule has 0 atom stereocenters. The van der Waals surface area contributed by atoms with E-state index in [2.05, 4.69) is 30.1 Å². The molecule has 0 spiro atoms. The van der Waals surface area contributed by atoms with E-state index in [1.807, 2.05) is 36.4 Å². The Morgan fingerprint density at radius 1 is 0.840 bits per heavy atom. The molecule has 0 unspecified atom stereocenters. The van der Waals surface area contributed by atoms with Crippen molar-refractivity contribution >= 4 is 0 Å². The normalized spacial score (nSPS) is 9.44. The molecule has 0 radical (unpaired) electrons. The molecule has 0 saturated heterocycles. The van der Waals surface area contributed by atoms with Gasteiger partial charge in [-0.15, -0.1) is 11.4 Å². The number of rotatable bonds is 2. The monoisotopic (exact) mass is 511 g/mol. The molecule has 0 aliphatic rings. The van der Waals surface area contributed by atoms with E-state index in [0.717, 1.165) is 0 Å². The Bertz CT molecular complexity index is 848. The van der Waals surface area contributed by atoms with Gasteiger partial charge >= 0.3 is 21.1 Å². The van der Waals surface area contributed by atoms with Crippen LogP contribution in [-0.2, 0) is 21.1 Å². The Balaban J connectivity index is 0.000000325. The van der Waals surface area contributed by atoms with Gasteiger partial charge in [0.15, 0.2) is 5.43 Å². The van der Waals surface area contributed by atoms with Gasteiger partial charge in [-0.3, -0.25) is 19.9 Å². The van der Waals surface area contributed by atoms with E-state index >= 15 is 0 Å². The van der Waals surface area contributed by atoms with E-state index < -0.39 is 0 Å². The molecule has 0 fully saturated rings. The number of hydrogen-bond donors (Lipinski definition) is 0. The summed E-state index contributed by atoms with van der Waals surface area (Å²) in [6.45, 7) is 0. The summed E-state index contributed by atoms with van der Waals surface area (Å²) in [5.41, 5.74) is 2.38. The molecular weight excluding hydrogens is 499 g/mol. The van der Waals surface area contributed by atoms with Crippen molar-refractivity contribution in [3.05, 3.63) is 83.8 Å². The van der Waals surface area contributed by atoms with Crippen LogP contribution in [0.2, 0.25) is 0 Å². The molecule has 4 heterocycles. The molecule has 126 valence electrons. The van der Waals surface area contributed by atoms with Crippen LogP contribution in [0.15, 0.2) is 78.4 Å². The third-order valence-electron chi connectivity index (χ3n) is 2.96. The Labute approximate surface area is 157 Å². The molecule has 0 bridgehead atoms. The van der Waals surface area contributed by atoms with Gasteiger partial charge in [0.2, 0.25) is 0 Å². The summed E-state index contributed by atoms with van der Waals surface area (Å²) >= 11 is 0. The predicted octanol–water partition coefficient (Wildman–Crippen LogP) is 1.56. The third-order valence-corrected chi connectivity index (χ3v) is 2.96. The van der Waals surface area contributed by atoms with Crippen LogP contribution >= 0.6 is 0 Å². The maximum absolute atomic E-state index is 11.8. The largest absolute Gasteiger partial charge is 2.00 e. The van der Waals surface area contributed by atoms with Gasteiger partial charge in [-0.05, 0) is 36.4 Å². The summed E-state index contributed by atoms with van der Waals surface area (Å²) in [6.07, 6.45) is 6.13. The Kier molecular flexibility index (Phi) is 6.92. The first-order chi connectivity index (χ1) is 11.8. The smallest absolute Gasteiger partial charge is 0.654 e. The van der Waals surface area contributed by atoms with E-state index in [-0.39, 0.29) is 26.5 Å². The van der Waals surface area contributed by atoms with Gasteiger partial charge in [-0.2, -0.15) is 0 Å². The topological polar surface area (TPSA) is 96.8 Å². The van der Waals surface area contributed by atoms with Crippen molar-refractivity contribution in [2.24, 2.45) is 0 Å². The van der Waals surface area contributed by atoms with Crippen molar-refractivity contribution in [2.75, 3.05) is 0 Å². The summed E-state index contributed by atoms with van der Waals surface area (Å²) in [6, 6.07) is 14.0. The summed E-state index contributed by atoms with van der Waals surface area (Å²) in [7, 11) is 0. The van der Waals surface area contributed by atoms with E-state index in [9.17, 15) is 4.79 Å². The van der Waals surface area contributed by atoms with Crippen molar-refractivity contribution < 1.29 is 21.1 Å². The quantitative estimate of drug-likeness (QED) is 0.403. The van der Waals surface area contributed by atoms with Gasteiger partial charge in [0.1, 0.15) is 0 Å². The van der Waals surface area contributed by atoms with Crippen molar-refractivity contribution in [1.29, 1.82) is 0 Å². The molecule has 0 aliphatic heterocycles. The first kappa shape index (κ1) is 18.4. The SMILES string of the molecule is O=c1cc(-c2ccccn2)[n-]c(-c2ccccn2)c1.[Pt+2].c1nc[n-]n1. The van der Waals surface area contributed by atoms with Gasteiger partial charge in [-0.25, -0.2) is 0 Å². The average Bonchev–Trinajstić information content (AvgIpc) is 3.23. The fourth-order valence-electron chi connectivity index (χ4n) is 1.95. The van der Waals surface area contributed by atoms with Crippen molar-refractivity contribution in [3.63, 3.8) is 0 Å². The van der Waals surface area contributed by atoms with Gasteiger partial charge in [-0.1, -0.05) is 18.5 Å². The molecule has 0 saturated carbocycles. The van der Waals surface area contributed by atoms with Crippen molar-refractivity contribution in [1.82, 2.24) is 30.1 Å². The zero-order valence-electron chi connectivity index (χ0n) is 12.8. The second-order valence-corrected chi connectivity index (χ2v) is 4.61. The molecular formula is C17H12N6OPt. The van der Waals surface area contributed by atoms with Crippen LogP contribution in [0, 0.1) is 0 Å². The fourth-order valence-corrected chi connectivity index (χ4v) is 1.95. The van der Waals surface area contributed by atoms with Crippen LogP contribution in [0.25, 0.3) is 22.8 Å². The Morgan fingerprint density at radius 2 is 1.44 bits per heavy atom. The van der Waals surface area contributed by atoms with Crippen molar-refractivity contribution in [3.8, 4) is 22.8 Å². The molecule has 25 heavy (non-hydrogen) atoms. The average molecular weight is 511 g/mol. The molecule has 4 aromatic heterocycles. The third kappa shape index (κ3) is 5.29.